The Bertz CT molecular complexity index is 599. The third-order valence-corrected chi connectivity index (χ3v) is 3.81. The van der Waals surface area contributed by atoms with Crippen LogP contribution in [0.15, 0.2) is 39.3 Å². The Morgan fingerprint density at radius 3 is 2.42 bits per heavy atom. The Balaban J connectivity index is 2.21. The fourth-order valence-corrected chi connectivity index (χ4v) is 3.17. The molecular weight excluding hydrogens is 400 g/mol. The number of ether oxygens (including phenoxy) is 1. The van der Waals surface area contributed by atoms with Crippen LogP contribution in [0, 0.1) is 5.82 Å². The van der Waals surface area contributed by atoms with Crippen molar-refractivity contribution in [3.8, 4) is 5.75 Å². The second-order valence-electron chi connectivity index (χ2n) is 3.84. The number of rotatable bonds is 3. The first-order valence-electron chi connectivity index (χ1n) is 5.28. The molecule has 2 N–H and O–H groups in total. The molecule has 2 aromatic carbocycles. The van der Waals surface area contributed by atoms with Gasteiger partial charge in [0, 0.05) is 16.3 Å². The van der Waals surface area contributed by atoms with Crippen molar-refractivity contribution in [1.82, 2.24) is 0 Å². The Morgan fingerprint density at radius 1 is 1.16 bits per heavy atom. The summed E-state index contributed by atoms with van der Waals surface area (Å²) in [5.41, 5.74) is 6.68. The van der Waals surface area contributed by atoms with Crippen LogP contribution < -0.4 is 10.5 Å². The largest absolute Gasteiger partial charge is 0.486 e. The van der Waals surface area contributed by atoms with Gasteiger partial charge in [0.25, 0.3) is 0 Å². The van der Waals surface area contributed by atoms with E-state index in [0.717, 1.165) is 0 Å². The highest BCUT2D eigenvalue weighted by atomic mass is 79.9. The molecule has 0 aliphatic heterocycles. The molecule has 0 saturated heterocycles. The molecule has 2 rings (SSSR count). The first-order valence-corrected chi connectivity index (χ1v) is 7.25. The summed E-state index contributed by atoms with van der Waals surface area (Å²) >= 11 is 12.5. The molecule has 0 aliphatic rings. The van der Waals surface area contributed by atoms with Gasteiger partial charge < -0.3 is 10.5 Å². The number of hydrogen-bond acceptors (Lipinski definition) is 2. The zero-order valence-electron chi connectivity index (χ0n) is 9.59. The minimum atomic E-state index is -0.355. The van der Waals surface area contributed by atoms with Gasteiger partial charge in [-0.25, -0.2) is 4.39 Å². The summed E-state index contributed by atoms with van der Waals surface area (Å²) in [7, 11) is 0. The summed E-state index contributed by atoms with van der Waals surface area (Å²) in [5, 5.41) is 0.468. The quantitative estimate of drug-likeness (QED) is 0.711. The van der Waals surface area contributed by atoms with E-state index >= 15 is 0 Å². The third-order valence-electron chi connectivity index (χ3n) is 2.40. The minimum Gasteiger partial charge on any atom is -0.486 e. The predicted octanol–water partition coefficient (Wildman–Crippen LogP) is 5.17. The molecule has 100 valence electrons. The van der Waals surface area contributed by atoms with Crippen molar-refractivity contribution in [2.24, 2.45) is 0 Å². The van der Waals surface area contributed by atoms with E-state index in [-0.39, 0.29) is 12.4 Å². The molecule has 0 amide bonds. The van der Waals surface area contributed by atoms with E-state index in [0.29, 0.717) is 31.0 Å². The van der Waals surface area contributed by atoms with Crippen LogP contribution in [-0.4, -0.2) is 0 Å². The average molecular weight is 409 g/mol. The fourth-order valence-electron chi connectivity index (χ4n) is 1.52. The summed E-state index contributed by atoms with van der Waals surface area (Å²) < 4.78 is 20.5. The number of nitrogens with two attached hydrogens (primary N) is 1. The van der Waals surface area contributed by atoms with Gasteiger partial charge in [0.05, 0.1) is 8.95 Å². The first-order chi connectivity index (χ1) is 8.97. The van der Waals surface area contributed by atoms with Gasteiger partial charge in [0.2, 0.25) is 0 Å². The summed E-state index contributed by atoms with van der Waals surface area (Å²) in [6.07, 6.45) is 0. The van der Waals surface area contributed by atoms with Gasteiger partial charge in [0.1, 0.15) is 18.2 Å². The molecule has 0 radical (unpaired) electrons. The number of hydrogen-bond donors (Lipinski definition) is 1. The van der Waals surface area contributed by atoms with Gasteiger partial charge in [-0.05, 0) is 62.2 Å². The molecule has 2 nitrogen and oxygen atoms in total. The number of halogens is 4. The summed E-state index contributed by atoms with van der Waals surface area (Å²) in [6.45, 7) is 0.0769. The van der Waals surface area contributed by atoms with Crippen molar-refractivity contribution >= 4 is 49.1 Å². The van der Waals surface area contributed by atoms with E-state index in [1.807, 2.05) is 0 Å². The average Bonchev–Trinajstić information content (AvgIpc) is 2.32. The number of benzene rings is 2. The smallest absolute Gasteiger partial charge is 0.148 e. The van der Waals surface area contributed by atoms with E-state index in [1.165, 1.54) is 18.2 Å². The van der Waals surface area contributed by atoms with Gasteiger partial charge in [-0.1, -0.05) is 11.6 Å². The van der Waals surface area contributed by atoms with Gasteiger partial charge in [-0.2, -0.15) is 0 Å². The van der Waals surface area contributed by atoms with E-state index in [2.05, 4.69) is 31.9 Å². The van der Waals surface area contributed by atoms with Crippen LogP contribution in [0.3, 0.4) is 0 Å². The topological polar surface area (TPSA) is 35.2 Å². The molecule has 0 fully saturated rings. The molecule has 2 aromatic rings. The maximum atomic E-state index is 13.6. The van der Waals surface area contributed by atoms with Crippen molar-refractivity contribution in [3.63, 3.8) is 0 Å². The maximum absolute atomic E-state index is 13.6. The van der Waals surface area contributed by atoms with Gasteiger partial charge in [0.15, 0.2) is 0 Å². The van der Waals surface area contributed by atoms with Crippen LogP contribution in [-0.2, 0) is 6.61 Å². The Morgan fingerprint density at radius 2 is 1.79 bits per heavy atom. The molecule has 19 heavy (non-hydrogen) atoms. The standard InChI is InChI=1S/C13H9Br2ClFNO/c14-10-4-9(18)5-11(15)13(10)19-6-7-3-8(16)1-2-12(7)17/h1-5H,6,18H2. The number of nitrogen functional groups attached to an aromatic ring is 1. The van der Waals surface area contributed by atoms with Crippen LogP contribution in [0.2, 0.25) is 5.02 Å². The highest BCUT2D eigenvalue weighted by Gasteiger charge is 2.10. The highest BCUT2D eigenvalue weighted by molar-refractivity contribution is 9.11. The van der Waals surface area contributed by atoms with Gasteiger partial charge in [-0.3, -0.25) is 0 Å². The van der Waals surface area contributed by atoms with Gasteiger partial charge >= 0.3 is 0 Å². The number of anilines is 1. The molecule has 0 saturated carbocycles. The Kier molecular flexibility index (Phi) is 4.71. The Labute approximate surface area is 132 Å². The second kappa shape index (κ2) is 6.11. The van der Waals surface area contributed by atoms with Gasteiger partial charge in [-0.15, -0.1) is 0 Å². The van der Waals surface area contributed by atoms with Crippen molar-refractivity contribution in [2.75, 3.05) is 5.73 Å². The summed E-state index contributed by atoms with van der Waals surface area (Å²) in [5.74, 6) is 0.209. The summed E-state index contributed by atoms with van der Waals surface area (Å²) in [6, 6.07) is 7.78. The van der Waals surface area contributed by atoms with Crippen molar-refractivity contribution in [2.45, 2.75) is 6.61 Å². The Hall–Kier alpha value is -0.780. The molecule has 0 spiro atoms. The fraction of sp³-hybridized carbons (Fsp3) is 0.0769. The van der Waals surface area contributed by atoms with E-state index in [4.69, 9.17) is 22.1 Å². The lowest BCUT2D eigenvalue weighted by molar-refractivity contribution is 0.296. The van der Waals surface area contributed by atoms with E-state index in [9.17, 15) is 4.39 Å². The molecule has 0 unspecified atom stereocenters. The van der Waals surface area contributed by atoms with Crippen molar-refractivity contribution in [3.05, 3.63) is 55.7 Å². The monoisotopic (exact) mass is 407 g/mol. The molecule has 0 aliphatic carbocycles. The first kappa shape index (κ1) is 14.6. The second-order valence-corrected chi connectivity index (χ2v) is 5.98. The zero-order valence-corrected chi connectivity index (χ0v) is 13.5. The van der Waals surface area contributed by atoms with Crippen molar-refractivity contribution in [1.29, 1.82) is 0 Å². The lowest BCUT2D eigenvalue weighted by Crippen LogP contribution is -2.00. The highest BCUT2D eigenvalue weighted by Crippen LogP contribution is 2.36. The molecular formula is C13H9Br2ClFNO. The van der Waals surface area contributed by atoms with Crippen molar-refractivity contribution < 1.29 is 9.13 Å². The summed E-state index contributed by atoms with van der Waals surface area (Å²) in [4.78, 5) is 0. The molecule has 6 heteroatoms. The molecule has 0 heterocycles. The lowest BCUT2D eigenvalue weighted by Gasteiger charge is -2.12. The normalized spacial score (nSPS) is 10.5. The zero-order chi connectivity index (χ0) is 14.0. The lowest BCUT2D eigenvalue weighted by atomic mass is 10.2. The van der Waals surface area contributed by atoms with E-state index < -0.39 is 0 Å². The van der Waals surface area contributed by atoms with Crippen LogP contribution in [0.25, 0.3) is 0 Å². The molecule has 0 atom stereocenters. The van der Waals surface area contributed by atoms with E-state index in [1.54, 1.807) is 12.1 Å². The van der Waals surface area contributed by atoms with Crippen LogP contribution in [0.5, 0.6) is 5.75 Å². The van der Waals surface area contributed by atoms with Crippen LogP contribution >= 0.6 is 43.5 Å². The molecule has 0 aromatic heterocycles. The maximum Gasteiger partial charge on any atom is 0.148 e. The van der Waals surface area contributed by atoms with Crippen LogP contribution in [0.1, 0.15) is 5.56 Å². The molecule has 0 bridgehead atoms. The third kappa shape index (κ3) is 3.61. The van der Waals surface area contributed by atoms with Crippen LogP contribution in [0.4, 0.5) is 10.1 Å². The predicted molar refractivity (Wildman–Crippen MR) is 82.0 cm³/mol. The SMILES string of the molecule is Nc1cc(Br)c(OCc2cc(Cl)ccc2F)c(Br)c1. The minimum absolute atomic E-state index is 0.0769.